The van der Waals surface area contributed by atoms with Crippen LogP contribution in [0.5, 0.6) is 11.5 Å². The Morgan fingerprint density at radius 1 is 1.21 bits per heavy atom. The van der Waals surface area contributed by atoms with Crippen molar-refractivity contribution in [3.05, 3.63) is 53.1 Å². The third kappa shape index (κ3) is 5.73. The Morgan fingerprint density at radius 2 is 2.03 bits per heavy atom. The zero-order valence-electron chi connectivity index (χ0n) is 18.7. The molecule has 2 aromatic carbocycles. The largest absolute Gasteiger partial charge is 0.455 e. The van der Waals surface area contributed by atoms with Crippen LogP contribution in [-0.4, -0.2) is 42.3 Å². The van der Waals surface area contributed by atoms with Gasteiger partial charge in [-0.2, -0.15) is 4.99 Å². The maximum Gasteiger partial charge on any atom is 0.248 e. The lowest BCUT2D eigenvalue weighted by Crippen LogP contribution is -2.38. The Morgan fingerprint density at radius 3 is 2.79 bits per heavy atom. The van der Waals surface area contributed by atoms with Gasteiger partial charge in [0.1, 0.15) is 5.75 Å². The maximum absolute atomic E-state index is 12.6. The van der Waals surface area contributed by atoms with Crippen LogP contribution >= 0.6 is 23.4 Å². The third-order valence-corrected chi connectivity index (χ3v) is 9.12. The zero-order chi connectivity index (χ0) is 23.6. The number of benzene rings is 2. The van der Waals surface area contributed by atoms with Crippen molar-refractivity contribution in [3.63, 3.8) is 0 Å². The van der Waals surface area contributed by atoms with Gasteiger partial charge in [-0.3, -0.25) is 4.79 Å². The van der Waals surface area contributed by atoms with Crippen LogP contribution in [0.25, 0.3) is 0 Å². The lowest BCUT2D eigenvalue weighted by Gasteiger charge is -2.27. The number of aryl methyl sites for hydroxylation is 1. The molecule has 2 fully saturated rings. The van der Waals surface area contributed by atoms with E-state index in [1.54, 1.807) is 18.2 Å². The second kappa shape index (κ2) is 10.1. The molecule has 0 aliphatic carbocycles. The molecule has 2 saturated heterocycles. The fourth-order valence-electron chi connectivity index (χ4n) is 4.11. The van der Waals surface area contributed by atoms with Gasteiger partial charge in [0.15, 0.2) is 20.8 Å². The molecular formula is C24H27ClN2O4S2. The third-order valence-electron chi connectivity index (χ3n) is 5.68. The number of carbonyl (C=O) groups excluding carboxylic acids is 1. The van der Waals surface area contributed by atoms with Gasteiger partial charge >= 0.3 is 0 Å². The van der Waals surface area contributed by atoms with E-state index < -0.39 is 9.84 Å². The number of nitrogens with zero attached hydrogens (tertiary/aromatic N) is 2. The predicted octanol–water partition coefficient (Wildman–Crippen LogP) is 5.62. The van der Waals surface area contributed by atoms with E-state index in [0.717, 1.165) is 24.8 Å². The number of aliphatic imine (C=N–C) groups is 1. The first kappa shape index (κ1) is 24.1. The first-order chi connectivity index (χ1) is 15.8. The molecule has 2 atom stereocenters. The number of thioether (sulfide) groups is 1. The number of amidine groups is 1. The minimum atomic E-state index is -3.18. The van der Waals surface area contributed by atoms with E-state index in [9.17, 15) is 13.2 Å². The highest BCUT2D eigenvalue weighted by Crippen LogP contribution is 2.45. The summed E-state index contributed by atoms with van der Waals surface area (Å²) in [6.07, 6.45) is 3.16. The van der Waals surface area contributed by atoms with Crippen LogP contribution in [0.3, 0.4) is 0 Å². The molecule has 0 aromatic heterocycles. The number of amides is 1. The number of hydrogen-bond donors (Lipinski definition) is 0. The molecule has 2 aliphatic rings. The zero-order valence-corrected chi connectivity index (χ0v) is 21.0. The number of sulfone groups is 1. The standard InChI is InChI=1S/C24H27ClN2O4S2/c1-3-4-5-9-23(28)26-24-27(20-14-33(29,30)15-22(20)32-24)19-13-17(25)10-11-21(19)31-18-8-6-7-16(2)12-18/h6-8,10-13,20,22H,3-5,9,14-15H2,1-2H3. The number of rotatable bonds is 7. The number of ether oxygens (including phenoxy) is 1. The molecule has 4 rings (SSSR count). The summed E-state index contributed by atoms with van der Waals surface area (Å²) in [7, 11) is -3.18. The number of fused-ring (bicyclic) bond motifs is 1. The van der Waals surface area contributed by atoms with Crippen LogP contribution in [0.2, 0.25) is 5.02 Å². The molecule has 2 unspecified atom stereocenters. The van der Waals surface area contributed by atoms with E-state index in [0.29, 0.717) is 33.8 Å². The van der Waals surface area contributed by atoms with Crippen molar-refractivity contribution >= 4 is 50.0 Å². The van der Waals surface area contributed by atoms with Crippen LogP contribution in [0.15, 0.2) is 47.5 Å². The van der Waals surface area contributed by atoms with Crippen molar-refractivity contribution in [3.8, 4) is 11.5 Å². The van der Waals surface area contributed by atoms with Crippen molar-refractivity contribution in [2.24, 2.45) is 4.99 Å². The van der Waals surface area contributed by atoms with E-state index in [2.05, 4.69) is 11.9 Å². The molecule has 2 aliphatic heterocycles. The summed E-state index contributed by atoms with van der Waals surface area (Å²) in [6.45, 7) is 4.07. The van der Waals surface area contributed by atoms with Gasteiger partial charge in [-0.25, -0.2) is 8.42 Å². The van der Waals surface area contributed by atoms with Gasteiger partial charge in [-0.05, 0) is 49.2 Å². The molecule has 176 valence electrons. The smallest absolute Gasteiger partial charge is 0.248 e. The van der Waals surface area contributed by atoms with Gasteiger partial charge in [-0.1, -0.05) is 55.3 Å². The number of carbonyl (C=O) groups is 1. The monoisotopic (exact) mass is 506 g/mol. The van der Waals surface area contributed by atoms with E-state index in [4.69, 9.17) is 16.3 Å². The lowest BCUT2D eigenvalue weighted by atomic mass is 10.2. The molecule has 9 heteroatoms. The van der Waals surface area contributed by atoms with Crippen LogP contribution in [0.4, 0.5) is 5.69 Å². The van der Waals surface area contributed by atoms with Crippen LogP contribution in [0, 0.1) is 6.92 Å². The Labute approximate surface area is 204 Å². The van der Waals surface area contributed by atoms with Gasteiger partial charge in [0.25, 0.3) is 0 Å². The van der Waals surface area contributed by atoms with Crippen molar-refractivity contribution < 1.29 is 17.9 Å². The van der Waals surface area contributed by atoms with Gasteiger partial charge in [0.2, 0.25) is 5.91 Å². The van der Waals surface area contributed by atoms with Gasteiger partial charge in [0, 0.05) is 16.7 Å². The van der Waals surface area contributed by atoms with Gasteiger partial charge in [0.05, 0.1) is 23.2 Å². The molecular weight excluding hydrogens is 480 g/mol. The Bertz CT molecular complexity index is 1180. The summed E-state index contributed by atoms with van der Waals surface area (Å²) < 4.78 is 31.0. The van der Waals surface area contributed by atoms with Gasteiger partial charge in [-0.15, -0.1) is 0 Å². The van der Waals surface area contributed by atoms with Crippen molar-refractivity contribution in [2.45, 2.75) is 50.8 Å². The van der Waals surface area contributed by atoms with Crippen LogP contribution < -0.4 is 9.64 Å². The lowest BCUT2D eigenvalue weighted by molar-refractivity contribution is -0.117. The molecule has 2 heterocycles. The summed E-state index contributed by atoms with van der Waals surface area (Å²) in [4.78, 5) is 18.8. The van der Waals surface area contributed by atoms with Crippen molar-refractivity contribution in [1.29, 1.82) is 0 Å². The highest BCUT2D eigenvalue weighted by molar-refractivity contribution is 8.16. The second-order valence-corrected chi connectivity index (χ2v) is 12.2. The molecule has 0 bridgehead atoms. The molecule has 0 N–H and O–H groups in total. The molecule has 1 amide bonds. The fourth-order valence-corrected chi connectivity index (χ4v) is 8.20. The minimum absolute atomic E-state index is 0.00408. The average Bonchev–Trinajstić information content (AvgIpc) is 3.20. The van der Waals surface area contributed by atoms with Crippen LogP contribution in [-0.2, 0) is 14.6 Å². The molecule has 33 heavy (non-hydrogen) atoms. The predicted molar refractivity (Wildman–Crippen MR) is 136 cm³/mol. The number of anilines is 1. The summed E-state index contributed by atoms with van der Waals surface area (Å²) in [6, 6.07) is 12.6. The average molecular weight is 507 g/mol. The Hall–Kier alpha value is -2.03. The summed E-state index contributed by atoms with van der Waals surface area (Å²) in [5, 5.41) is 0.810. The Kier molecular flexibility index (Phi) is 7.36. The molecule has 0 spiro atoms. The minimum Gasteiger partial charge on any atom is -0.455 e. The first-order valence-corrected chi connectivity index (χ1v) is 14.2. The first-order valence-electron chi connectivity index (χ1n) is 11.1. The maximum atomic E-state index is 12.6. The van der Waals surface area contributed by atoms with E-state index in [1.807, 2.05) is 36.1 Å². The highest BCUT2D eigenvalue weighted by Gasteiger charge is 2.50. The quantitative estimate of drug-likeness (QED) is 0.453. The SMILES string of the molecule is CCCCCC(=O)N=C1SC2CS(=O)(=O)CC2N1c1cc(Cl)ccc1Oc1cccc(C)c1. The fraction of sp³-hybridized carbons (Fsp3) is 0.417. The van der Waals surface area contributed by atoms with E-state index >= 15 is 0 Å². The summed E-state index contributed by atoms with van der Waals surface area (Å²) >= 11 is 7.70. The second-order valence-electron chi connectivity index (χ2n) is 8.45. The highest BCUT2D eigenvalue weighted by atomic mass is 35.5. The number of hydrogen-bond acceptors (Lipinski definition) is 5. The molecule has 6 nitrogen and oxygen atoms in total. The number of halogens is 1. The summed E-state index contributed by atoms with van der Waals surface area (Å²) in [5.74, 6) is 1.07. The Balaban J connectivity index is 1.72. The van der Waals surface area contributed by atoms with Crippen molar-refractivity contribution in [1.82, 2.24) is 0 Å². The molecule has 2 aromatic rings. The summed E-state index contributed by atoms with van der Waals surface area (Å²) in [5.41, 5.74) is 1.67. The topological polar surface area (TPSA) is 76.0 Å². The number of unbranched alkanes of at least 4 members (excludes halogenated alkanes) is 2. The molecule has 0 radical (unpaired) electrons. The normalized spacial score (nSPS) is 22.5. The van der Waals surface area contributed by atoms with Crippen LogP contribution in [0.1, 0.15) is 38.2 Å². The van der Waals surface area contributed by atoms with Crippen molar-refractivity contribution in [2.75, 3.05) is 16.4 Å². The van der Waals surface area contributed by atoms with E-state index in [-0.39, 0.29) is 28.7 Å². The molecule has 0 saturated carbocycles. The van der Waals surface area contributed by atoms with E-state index in [1.165, 1.54) is 11.8 Å². The van der Waals surface area contributed by atoms with Gasteiger partial charge < -0.3 is 9.64 Å².